The molecule has 0 aliphatic carbocycles. The Morgan fingerprint density at radius 1 is 1.30 bits per heavy atom. The highest BCUT2D eigenvalue weighted by atomic mass is 79.9. The van der Waals surface area contributed by atoms with Gasteiger partial charge in [-0.1, -0.05) is 13.8 Å². The Hall–Kier alpha value is -3.61. The predicted molar refractivity (Wildman–Crippen MR) is 136 cm³/mol. The molecular weight excluding hydrogens is 553 g/mol. The van der Waals surface area contributed by atoms with E-state index in [-0.39, 0.29) is 46.8 Å². The maximum atomic E-state index is 14.5. The molecule has 13 heteroatoms. The zero-order valence-corrected chi connectivity index (χ0v) is 22.3. The third-order valence-electron chi connectivity index (χ3n) is 6.23. The summed E-state index contributed by atoms with van der Waals surface area (Å²) in [6, 6.07) is 1.34. The van der Waals surface area contributed by atoms with E-state index in [9.17, 15) is 34.0 Å². The van der Waals surface area contributed by atoms with Gasteiger partial charge in [0, 0.05) is 36.8 Å². The number of pyridine rings is 1. The van der Waals surface area contributed by atoms with Crippen LogP contribution in [0.4, 0.5) is 14.9 Å². The Kier molecular flexibility index (Phi) is 8.46. The molecule has 2 aromatic rings. The van der Waals surface area contributed by atoms with Gasteiger partial charge in [0.15, 0.2) is 0 Å². The minimum absolute atomic E-state index is 0.0545. The van der Waals surface area contributed by atoms with Crippen LogP contribution in [0.25, 0.3) is 0 Å². The van der Waals surface area contributed by atoms with Crippen LogP contribution in [0.1, 0.15) is 59.9 Å². The van der Waals surface area contributed by atoms with E-state index in [0.717, 1.165) is 6.07 Å². The summed E-state index contributed by atoms with van der Waals surface area (Å²) in [6.45, 7) is 7.09. The molecule has 3 amide bonds. The summed E-state index contributed by atoms with van der Waals surface area (Å²) >= 11 is 3.04. The number of nitrogens with one attached hydrogen (secondary N) is 1. The standard InChI is InChI=1S/C24H27BrFN5O6/c1-12(2)20-19(13(3)5-6-27-20)21(31(36)37)22(32)28-18-10-16(25)17(26)9-15(18)23(33)30-8-7-29(24(34)35)11-14(30)4/h5-6,9-10,12,14,21H,7-8,11H2,1-4H3,(H,28,32)(H,34,35)/t14-,21?/m0/s1. The van der Waals surface area contributed by atoms with Crippen molar-refractivity contribution in [2.45, 2.75) is 45.7 Å². The lowest BCUT2D eigenvalue weighted by molar-refractivity contribution is -0.513. The molecular formula is C24H27BrFN5O6. The van der Waals surface area contributed by atoms with Crippen LogP contribution in [-0.2, 0) is 4.79 Å². The van der Waals surface area contributed by atoms with Gasteiger partial charge >= 0.3 is 18.0 Å². The number of benzene rings is 1. The minimum atomic E-state index is -1.82. The number of rotatable bonds is 6. The topological polar surface area (TPSA) is 146 Å². The third-order valence-corrected chi connectivity index (χ3v) is 6.83. The maximum Gasteiger partial charge on any atom is 0.407 e. The van der Waals surface area contributed by atoms with Crippen molar-refractivity contribution in [2.75, 3.05) is 25.0 Å². The van der Waals surface area contributed by atoms with E-state index in [4.69, 9.17) is 0 Å². The second-order valence-electron chi connectivity index (χ2n) is 9.15. The number of nitrogens with zero attached hydrogens (tertiary/aromatic N) is 4. The lowest BCUT2D eigenvalue weighted by Gasteiger charge is -2.38. The van der Waals surface area contributed by atoms with Crippen molar-refractivity contribution >= 4 is 39.5 Å². The molecule has 2 heterocycles. The molecule has 1 saturated heterocycles. The first kappa shape index (κ1) is 28.0. The molecule has 2 atom stereocenters. The van der Waals surface area contributed by atoms with Gasteiger partial charge in [-0.25, -0.2) is 9.18 Å². The van der Waals surface area contributed by atoms with Crippen molar-refractivity contribution in [3.8, 4) is 0 Å². The summed E-state index contributed by atoms with van der Waals surface area (Å²) in [5.74, 6) is -2.63. The van der Waals surface area contributed by atoms with Crippen LogP contribution in [0.5, 0.6) is 0 Å². The Morgan fingerprint density at radius 3 is 2.54 bits per heavy atom. The number of aryl methyl sites for hydroxylation is 1. The van der Waals surface area contributed by atoms with Gasteiger partial charge in [0.25, 0.3) is 5.91 Å². The molecule has 1 fully saturated rings. The van der Waals surface area contributed by atoms with E-state index in [1.807, 2.05) is 0 Å². The highest BCUT2D eigenvalue weighted by Crippen LogP contribution is 2.32. The van der Waals surface area contributed by atoms with Crippen LogP contribution in [0.3, 0.4) is 0 Å². The Labute approximate surface area is 220 Å². The Balaban J connectivity index is 1.99. The monoisotopic (exact) mass is 579 g/mol. The Bertz CT molecular complexity index is 1260. The quantitative estimate of drug-likeness (QED) is 0.385. The molecule has 0 spiro atoms. The molecule has 1 aromatic carbocycles. The van der Waals surface area contributed by atoms with Crippen molar-refractivity contribution in [1.29, 1.82) is 0 Å². The summed E-state index contributed by atoms with van der Waals surface area (Å²) in [7, 11) is 0. The number of hydrogen-bond donors (Lipinski definition) is 2. The number of carboxylic acid groups (broad SMARTS) is 1. The number of carbonyl (C=O) groups excluding carboxylic acids is 2. The normalized spacial score (nSPS) is 16.5. The summed E-state index contributed by atoms with van der Waals surface area (Å²) in [5, 5.41) is 23.8. The largest absolute Gasteiger partial charge is 0.465 e. The Morgan fingerprint density at radius 2 is 1.97 bits per heavy atom. The highest BCUT2D eigenvalue weighted by molar-refractivity contribution is 9.10. The molecule has 11 nitrogen and oxygen atoms in total. The first-order valence-corrected chi connectivity index (χ1v) is 12.3. The number of aromatic nitrogens is 1. The summed E-state index contributed by atoms with van der Waals surface area (Å²) in [6.07, 6.45) is 0.404. The fourth-order valence-electron chi connectivity index (χ4n) is 4.35. The van der Waals surface area contributed by atoms with E-state index >= 15 is 0 Å². The average molecular weight is 580 g/mol. The second kappa shape index (κ2) is 11.2. The fourth-order valence-corrected chi connectivity index (χ4v) is 4.70. The van der Waals surface area contributed by atoms with Gasteiger partial charge in [0.2, 0.25) is 0 Å². The zero-order chi connectivity index (χ0) is 27.6. The summed E-state index contributed by atoms with van der Waals surface area (Å²) < 4.78 is 14.4. The molecule has 198 valence electrons. The van der Waals surface area contributed by atoms with Crippen molar-refractivity contribution in [3.05, 3.63) is 67.2 Å². The molecule has 2 N–H and O–H groups in total. The molecule has 0 radical (unpaired) electrons. The molecule has 3 rings (SSSR count). The van der Waals surface area contributed by atoms with Crippen molar-refractivity contribution in [3.63, 3.8) is 0 Å². The molecule has 1 aromatic heterocycles. The van der Waals surface area contributed by atoms with Gasteiger partial charge in [-0.2, -0.15) is 0 Å². The lowest BCUT2D eigenvalue weighted by Crippen LogP contribution is -2.55. The number of carbonyl (C=O) groups is 3. The zero-order valence-electron chi connectivity index (χ0n) is 20.7. The van der Waals surface area contributed by atoms with Gasteiger partial charge in [0.1, 0.15) is 5.82 Å². The molecule has 0 bridgehead atoms. The van der Waals surface area contributed by atoms with Crippen LogP contribution in [-0.4, -0.2) is 68.4 Å². The van der Waals surface area contributed by atoms with Crippen LogP contribution in [0.15, 0.2) is 28.9 Å². The minimum Gasteiger partial charge on any atom is -0.465 e. The van der Waals surface area contributed by atoms with Crippen LogP contribution < -0.4 is 5.32 Å². The van der Waals surface area contributed by atoms with Gasteiger partial charge in [-0.05, 0) is 59.5 Å². The first-order chi connectivity index (χ1) is 17.3. The van der Waals surface area contributed by atoms with Gasteiger partial charge < -0.3 is 20.2 Å². The second-order valence-corrected chi connectivity index (χ2v) is 10.0. The maximum absolute atomic E-state index is 14.5. The number of halogens is 2. The van der Waals surface area contributed by atoms with E-state index in [0.29, 0.717) is 11.3 Å². The highest BCUT2D eigenvalue weighted by Gasteiger charge is 2.38. The van der Waals surface area contributed by atoms with Crippen LogP contribution >= 0.6 is 15.9 Å². The molecule has 37 heavy (non-hydrogen) atoms. The van der Waals surface area contributed by atoms with Crippen LogP contribution in [0.2, 0.25) is 0 Å². The molecule has 0 saturated carbocycles. The lowest BCUT2D eigenvalue weighted by atomic mass is 9.93. The van der Waals surface area contributed by atoms with Crippen molar-refractivity contribution in [2.24, 2.45) is 0 Å². The average Bonchev–Trinajstić information content (AvgIpc) is 2.81. The predicted octanol–water partition coefficient (Wildman–Crippen LogP) is 4.20. The summed E-state index contributed by atoms with van der Waals surface area (Å²) in [4.78, 5) is 56.2. The van der Waals surface area contributed by atoms with Crippen molar-refractivity contribution in [1.82, 2.24) is 14.8 Å². The molecule has 1 aliphatic rings. The molecule has 1 aliphatic heterocycles. The van der Waals surface area contributed by atoms with Gasteiger partial charge in [-0.3, -0.25) is 24.7 Å². The van der Waals surface area contributed by atoms with E-state index in [1.165, 1.54) is 22.1 Å². The number of anilines is 1. The van der Waals surface area contributed by atoms with Crippen LogP contribution in [0, 0.1) is 22.9 Å². The number of amides is 3. The van der Waals surface area contributed by atoms with Crippen molar-refractivity contribution < 1.29 is 28.8 Å². The van der Waals surface area contributed by atoms with Gasteiger partial charge in [0.05, 0.1) is 27.0 Å². The van der Waals surface area contributed by atoms with E-state index < -0.39 is 40.7 Å². The summed E-state index contributed by atoms with van der Waals surface area (Å²) in [5.41, 5.74) is 0.748. The smallest absolute Gasteiger partial charge is 0.407 e. The fraction of sp³-hybridized carbons (Fsp3) is 0.417. The third kappa shape index (κ3) is 5.87. The SMILES string of the molecule is Cc1ccnc(C(C)C)c1C(C(=O)Nc1cc(Br)c(F)cc1C(=O)N1CCN(C(=O)O)C[C@@H]1C)[N+](=O)[O-]. The number of hydrogen-bond acceptors (Lipinski definition) is 6. The van der Waals surface area contributed by atoms with E-state index in [2.05, 4.69) is 26.2 Å². The molecule has 1 unspecified atom stereocenters. The first-order valence-electron chi connectivity index (χ1n) is 11.5. The number of piperazine rings is 1. The van der Waals surface area contributed by atoms with E-state index in [1.54, 1.807) is 33.8 Å². The number of nitro groups is 1. The van der Waals surface area contributed by atoms with Gasteiger partial charge in [-0.15, -0.1) is 0 Å².